The van der Waals surface area contributed by atoms with Crippen LogP contribution in [0.15, 0.2) is 0 Å². The quantitative estimate of drug-likeness (QED) is 0.593. The van der Waals surface area contributed by atoms with Crippen molar-refractivity contribution in [3.8, 4) is 0 Å². The van der Waals surface area contributed by atoms with Gasteiger partial charge in [-0.1, -0.05) is 0 Å². The number of hydrogen-bond acceptors (Lipinski definition) is 1. The minimum atomic E-state index is -4.55. The van der Waals surface area contributed by atoms with Crippen molar-refractivity contribution in [2.24, 2.45) is 0 Å². The summed E-state index contributed by atoms with van der Waals surface area (Å²) in [6.07, 6.45) is 1.28. The van der Waals surface area contributed by atoms with E-state index in [1.165, 1.54) is 0 Å². The second-order valence-corrected chi connectivity index (χ2v) is 6.18. The molecule has 0 amide bonds. The number of hydrogen-bond donors (Lipinski definition) is 1. The Morgan fingerprint density at radius 1 is 1.50 bits per heavy atom. The van der Waals surface area contributed by atoms with Crippen LogP contribution in [0.2, 0.25) is 0 Å². The van der Waals surface area contributed by atoms with E-state index in [9.17, 15) is 13.0 Å². The third-order valence-corrected chi connectivity index (χ3v) is 1.53. The minimum absolute atomic E-state index is 0.641. The molecular weight excluding hydrogens is 138 g/mol. The zero-order valence-corrected chi connectivity index (χ0v) is 5.41. The monoisotopic (exact) mass is 146 g/mol. The maximum Gasteiger partial charge on any atom is 0.323 e. The first-order valence-electron chi connectivity index (χ1n) is 1.84. The summed E-state index contributed by atoms with van der Waals surface area (Å²) in [5, 5.41) is 0. The third-order valence-electron chi connectivity index (χ3n) is 0.509. The lowest BCUT2D eigenvalue weighted by Gasteiger charge is -2.31. The van der Waals surface area contributed by atoms with Gasteiger partial charge in [-0.2, -0.15) is 8.78 Å². The lowest BCUT2D eigenvalue weighted by molar-refractivity contribution is 0.219. The summed E-state index contributed by atoms with van der Waals surface area (Å²) in [5.74, 6) is -3.15. The number of halogens is 2. The van der Waals surface area contributed by atoms with E-state index < -0.39 is 15.1 Å². The Labute approximate surface area is 46.1 Å². The number of rotatable bonds is 1. The fraction of sp³-hybridized carbons (Fsp3) is 1.00. The molecule has 0 radical (unpaired) electrons. The summed E-state index contributed by atoms with van der Waals surface area (Å²) in [6, 6.07) is 0. The van der Waals surface area contributed by atoms with E-state index in [2.05, 4.69) is 0 Å². The summed E-state index contributed by atoms with van der Waals surface area (Å²) >= 11 is 0. The van der Waals surface area contributed by atoms with Crippen molar-refractivity contribution in [2.75, 3.05) is 12.5 Å². The molecule has 8 heavy (non-hydrogen) atoms. The summed E-state index contributed by atoms with van der Waals surface area (Å²) in [7, 11) is -4.55. The van der Waals surface area contributed by atoms with Gasteiger partial charge in [0.2, 0.25) is 0 Å². The van der Waals surface area contributed by atoms with Gasteiger partial charge < -0.3 is 0 Å². The van der Waals surface area contributed by atoms with Gasteiger partial charge in [0.15, 0.2) is 0 Å². The van der Waals surface area contributed by atoms with E-state index in [1.807, 2.05) is 0 Å². The Bertz CT molecular complexity index is 136. The third kappa shape index (κ3) is 2.32. The van der Waals surface area contributed by atoms with Crippen molar-refractivity contribution in [3.05, 3.63) is 0 Å². The SMILES string of the molecule is CS(C)(=O)(O)C(F)F. The number of alkyl halides is 2. The maximum atomic E-state index is 11.4. The van der Waals surface area contributed by atoms with Crippen molar-refractivity contribution in [3.63, 3.8) is 0 Å². The molecule has 0 aliphatic carbocycles. The molecule has 0 aromatic carbocycles. The molecule has 0 saturated carbocycles. The van der Waals surface area contributed by atoms with E-state index in [4.69, 9.17) is 4.55 Å². The highest BCUT2D eigenvalue weighted by atomic mass is 32.3. The molecule has 0 fully saturated rings. The minimum Gasteiger partial charge on any atom is -0.299 e. The molecule has 52 valence electrons. The second-order valence-electron chi connectivity index (χ2n) is 2.11. The van der Waals surface area contributed by atoms with Gasteiger partial charge in [0, 0.05) is 12.5 Å². The predicted molar refractivity (Wildman–Crippen MR) is 28.6 cm³/mol. The Kier molecular flexibility index (Phi) is 1.47. The van der Waals surface area contributed by atoms with Crippen molar-refractivity contribution < 1.29 is 17.5 Å². The van der Waals surface area contributed by atoms with E-state index in [-0.39, 0.29) is 0 Å². The van der Waals surface area contributed by atoms with Gasteiger partial charge in [0.05, 0.1) is 0 Å². The zero-order chi connectivity index (χ0) is 7.02. The van der Waals surface area contributed by atoms with Crippen molar-refractivity contribution in [2.45, 2.75) is 5.76 Å². The molecule has 0 aliphatic heterocycles. The van der Waals surface area contributed by atoms with Crippen LogP contribution in [0, 0.1) is 0 Å². The molecular formula is C3H8F2O2S. The Morgan fingerprint density at radius 3 is 1.62 bits per heavy atom. The van der Waals surface area contributed by atoms with Gasteiger partial charge in [0.25, 0.3) is 0 Å². The van der Waals surface area contributed by atoms with Crippen molar-refractivity contribution in [1.82, 2.24) is 0 Å². The molecule has 5 heteroatoms. The normalized spacial score (nSPS) is 18.0. The van der Waals surface area contributed by atoms with Gasteiger partial charge in [-0.25, -0.2) is 4.21 Å². The molecule has 0 rings (SSSR count). The summed E-state index contributed by atoms with van der Waals surface area (Å²) < 4.78 is 41.5. The van der Waals surface area contributed by atoms with Crippen LogP contribution in [-0.4, -0.2) is 27.0 Å². The lowest BCUT2D eigenvalue weighted by atomic mass is 11.7. The van der Waals surface area contributed by atoms with Crippen LogP contribution in [0.5, 0.6) is 0 Å². The van der Waals surface area contributed by atoms with Crippen LogP contribution in [-0.2, 0) is 9.35 Å². The molecule has 0 saturated heterocycles. The Balaban J connectivity index is 4.40. The molecule has 0 unspecified atom stereocenters. The van der Waals surface area contributed by atoms with Crippen molar-refractivity contribution >= 4 is 9.35 Å². The standard InChI is InChI=1S/C3H8F2O2S/c1-8(2,6,7)3(4)5/h3H,1-2H3,(H,6,7). The molecule has 0 atom stereocenters. The topological polar surface area (TPSA) is 37.3 Å². The van der Waals surface area contributed by atoms with Crippen LogP contribution >= 0.6 is 0 Å². The smallest absolute Gasteiger partial charge is 0.299 e. The molecule has 0 heterocycles. The Morgan fingerprint density at radius 2 is 1.62 bits per heavy atom. The van der Waals surface area contributed by atoms with Gasteiger partial charge in [-0.3, -0.25) is 4.55 Å². The van der Waals surface area contributed by atoms with Crippen LogP contribution in [0.25, 0.3) is 0 Å². The highest BCUT2D eigenvalue weighted by Crippen LogP contribution is 2.21. The first-order valence-corrected chi connectivity index (χ1v) is 4.64. The van der Waals surface area contributed by atoms with E-state index in [1.54, 1.807) is 0 Å². The molecule has 0 aliphatic rings. The fourth-order valence-corrected chi connectivity index (χ4v) is 0. The summed E-state index contributed by atoms with van der Waals surface area (Å²) in [4.78, 5) is 0. The van der Waals surface area contributed by atoms with E-state index in [0.717, 1.165) is 0 Å². The average molecular weight is 146 g/mol. The van der Waals surface area contributed by atoms with Crippen LogP contribution < -0.4 is 0 Å². The van der Waals surface area contributed by atoms with Gasteiger partial charge in [-0.15, -0.1) is 9.35 Å². The zero-order valence-electron chi connectivity index (χ0n) is 4.60. The lowest BCUT2D eigenvalue weighted by Crippen LogP contribution is -2.36. The largest absolute Gasteiger partial charge is 0.323 e. The van der Waals surface area contributed by atoms with Crippen LogP contribution in [0.1, 0.15) is 0 Å². The predicted octanol–water partition coefficient (Wildman–Crippen LogP) is 0.762. The molecule has 2 nitrogen and oxygen atoms in total. The average Bonchev–Trinajstić information content (AvgIpc) is 1.27. The van der Waals surface area contributed by atoms with Gasteiger partial charge in [-0.05, 0) is 0 Å². The highest BCUT2D eigenvalue weighted by Gasteiger charge is 2.26. The highest BCUT2D eigenvalue weighted by molar-refractivity contribution is 8.14. The van der Waals surface area contributed by atoms with Crippen LogP contribution in [0.3, 0.4) is 0 Å². The van der Waals surface area contributed by atoms with E-state index in [0.29, 0.717) is 12.5 Å². The Hall–Kier alpha value is -0.0300. The van der Waals surface area contributed by atoms with Gasteiger partial charge in [0.1, 0.15) is 0 Å². The van der Waals surface area contributed by atoms with Gasteiger partial charge >= 0.3 is 5.76 Å². The molecule has 0 bridgehead atoms. The molecule has 0 aromatic rings. The van der Waals surface area contributed by atoms with Crippen LogP contribution in [0.4, 0.5) is 8.78 Å². The maximum absolute atomic E-state index is 11.4. The fourth-order valence-electron chi connectivity index (χ4n) is 0. The second kappa shape index (κ2) is 1.48. The molecule has 1 N–H and O–H groups in total. The van der Waals surface area contributed by atoms with Crippen molar-refractivity contribution in [1.29, 1.82) is 0 Å². The molecule has 0 aromatic heterocycles. The van der Waals surface area contributed by atoms with E-state index >= 15 is 0 Å². The summed E-state index contributed by atoms with van der Waals surface area (Å²) in [6.45, 7) is 0. The molecule has 0 spiro atoms. The summed E-state index contributed by atoms with van der Waals surface area (Å²) in [5.41, 5.74) is 0. The first kappa shape index (κ1) is 7.97. The first-order chi connectivity index (χ1) is 3.20.